The monoisotopic (exact) mass is 329 g/mol. The van der Waals surface area contributed by atoms with E-state index < -0.39 is 17.7 Å². The molecule has 2 rings (SSSR count). The van der Waals surface area contributed by atoms with Gasteiger partial charge in [-0.2, -0.15) is 0 Å². The summed E-state index contributed by atoms with van der Waals surface area (Å²) in [7, 11) is 0. The van der Waals surface area contributed by atoms with E-state index in [1.54, 1.807) is 13.0 Å². The van der Waals surface area contributed by atoms with Gasteiger partial charge in [0.05, 0.1) is 16.8 Å². The summed E-state index contributed by atoms with van der Waals surface area (Å²) in [6, 6.07) is 3.71. The Morgan fingerprint density at radius 1 is 1.32 bits per heavy atom. The molecule has 1 unspecified atom stereocenters. The van der Waals surface area contributed by atoms with Gasteiger partial charge >= 0.3 is 0 Å². The van der Waals surface area contributed by atoms with Crippen molar-refractivity contribution in [2.24, 2.45) is 0 Å². The predicted octanol–water partition coefficient (Wildman–Crippen LogP) is 4.33. The van der Waals surface area contributed by atoms with Gasteiger partial charge in [-0.25, -0.2) is 8.78 Å². The molecule has 5 heteroatoms. The van der Waals surface area contributed by atoms with Crippen molar-refractivity contribution in [1.29, 1.82) is 0 Å². The lowest BCUT2D eigenvalue weighted by Gasteiger charge is -2.18. The van der Waals surface area contributed by atoms with Crippen molar-refractivity contribution in [2.75, 3.05) is 6.54 Å². The number of hydrogen-bond acceptors (Lipinski definition) is 2. The summed E-state index contributed by atoms with van der Waals surface area (Å²) in [6.07, 6.45) is 1.53. The molecule has 2 aromatic rings. The van der Waals surface area contributed by atoms with Crippen molar-refractivity contribution in [3.8, 4) is 0 Å². The fraction of sp³-hybridized carbons (Fsp3) is 0.286. The molecule has 19 heavy (non-hydrogen) atoms. The average Bonchev–Trinajstić information content (AvgIpc) is 2.77. The van der Waals surface area contributed by atoms with E-state index in [-0.39, 0.29) is 0 Å². The van der Waals surface area contributed by atoms with E-state index in [0.717, 1.165) is 10.5 Å². The highest BCUT2D eigenvalue weighted by Gasteiger charge is 2.23. The molecule has 1 N–H and O–H groups in total. The third kappa shape index (κ3) is 2.87. The summed E-state index contributed by atoms with van der Waals surface area (Å²) in [6.45, 7) is 4.16. The lowest BCUT2D eigenvalue weighted by molar-refractivity contribution is 0.437. The Labute approximate surface area is 118 Å². The SMILES string of the molecule is CCNC(c1cc(C)c(F)cc1F)c1occc1Br. The second-order valence-electron chi connectivity index (χ2n) is 4.25. The summed E-state index contributed by atoms with van der Waals surface area (Å²) in [4.78, 5) is 0. The Morgan fingerprint density at radius 3 is 2.63 bits per heavy atom. The molecule has 0 spiro atoms. The van der Waals surface area contributed by atoms with Crippen molar-refractivity contribution < 1.29 is 13.2 Å². The van der Waals surface area contributed by atoms with Crippen molar-refractivity contribution in [2.45, 2.75) is 19.9 Å². The fourth-order valence-electron chi connectivity index (χ4n) is 1.96. The highest BCUT2D eigenvalue weighted by atomic mass is 79.9. The second kappa shape index (κ2) is 5.84. The molecule has 0 aliphatic heterocycles. The quantitative estimate of drug-likeness (QED) is 0.903. The van der Waals surface area contributed by atoms with E-state index in [0.29, 0.717) is 23.4 Å². The van der Waals surface area contributed by atoms with Gasteiger partial charge in [0, 0.05) is 11.6 Å². The van der Waals surface area contributed by atoms with Crippen LogP contribution >= 0.6 is 15.9 Å². The van der Waals surface area contributed by atoms with Crippen LogP contribution in [0.1, 0.15) is 29.9 Å². The van der Waals surface area contributed by atoms with E-state index in [1.165, 1.54) is 12.3 Å². The molecular formula is C14H14BrF2NO. The average molecular weight is 330 g/mol. The first-order valence-corrected chi connectivity index (χ1v) is 6.75. The molecule has 1 aromatic heterocycles. The smallest absolute Gasteiger partial charge is 0.139 e. The van der Waals surface area contributed by atoms with Crippen LogP contribution in [-0.4, -0.2) is 6.54 Å². The van der Waals surface area contributed by atoms with Crippen molar-refractivity contribution in [3.63, 3.8) is 0 Å². The van der Waals surface area contributed by atoms with E-state index in [9.17, 15) is 8.78 Å². The van der Waals surface area contributed by atoms with Gasteiger partial charge < -0.3 is 9.73 Å². The molecule has 0 aliphatic rings. The van der Waals surface area contributed by atoms with Crippen LogP contribution in [0.4, 0.5) is 8.78 Å². The number of halogens is 3. The topological polar surface area (TPSA) is 25.2 Å². The standard InChI is InChI=1S/C14H14BrF2NO/c1-3-18-13(14-10(15)4-5-19-14)9-6-8(2)11(16)7-12(9)17/h4-7,13,18H,3H2,1-2H3. The highest BCUT2D eigenvalue weighted by Crippen LogP contribution is 2.31. The van der Waals surface area contributed by atoms with Crippen LogP contribution in [0.25, 0.3) is 0 Å². The van der Waals surface area contributed by atoms with Crippen molar-refractivity contribution >= 4 is 15.9 Å². The third-order valence-corrected chi connectivity index (χ3v) is 3.56. The molecule has 0 bridgehead atoms. The molecule has 0 saturated heterocycles. The van der Waals surface area contributed by atoms with Gasteiger partial charge in [0.25, 0.3) is 0 Å². The minimum atomic E-state index is -0.586. The zero-order valence-corrected chi connectivity index (χ0v) is 12.2. The van der Waals surface area contributed by atoms with Gasteiger partial charge in [-0.05, 0) is 47.1 Å². The van der Waals surface area contributed by atoms with Gasteiger partial charge in [0.2, 0.25) is 0 Å². The Morgan fingerprint density at radius 2 is 2.05 bits per heavy atom. The van der Waals surface area contributed by atoms with Crippen LogP contribution in [0.15, 0.2) is 33.4 Å². The number of benzene rings is 1. The number of aryl methyl sites for hydroxylation is 1. The molecule has 0 radical (unpaired) electrons. The minimum Gasteiger partial charge on any atom is -0.466 e. The van der Waals surface area contributed by atoms with Crippen LogP contribution in [0.2, 0.25) is 0 Å². The maximum Gasteiger partial charge on any atom is 0.139 e. The van der Waals surface area contributed by atoms with Crippen LogP contribution in [0.3, 0.4) is 0 Å². The first-order valence-electron chi connectivity index (χ1n) is 5.96. The van der Waals surface area contributed by atoms with Gasteiger partial charge in [-0.15, -0.1) is 0 Å². The van der Waals surface area contributed by atoms with E-state index >= 15 is 0 Å². The number of hydrogen-bond donors (Lipinski definition) is 1. The third-order valence-electron chi connectivity index (χ3n) is 2.90. The van der Waals surface area contributed by atoms with E-state index in [4.69, 9.17) is 4.42 Å². The summed E-state index contributed by atoms with van der Waals surface area (Å²) >= 11 is 3.36. The first-order chi connectivity index (χ1) is 9.04. The van der Waals surface area contributed by atoms with E-state index in [1.807, 2.05) is 6.92 Å². The molecule has 1 aromatic carbocycles. The summed E-state index contributed by atoms with van der Waals surface area (Å²) in [5, 5.41) is 3.14. The fourth-order valence-corrected chi connectivity index (χ4v) is 2.39. The minimum absolute atomic E-state index is 0.372. The first kappa shape index (κ1) is 14.2. The molecule has 1 heterocycles. The number of furan rings is 1. The van der Waals surface area contributed by atoms with Gasteiger partial charge in [-0.1, -0.05) is 6.92 Å². The van der Waals surface area contributed by atoms with Crippen LogP contribution in [-0.2, 0) is 0 Å². The predicted molar refractivity (Wildman–Crippen MR) is 73.0 cm³/mol. The molecule has 1 atom stereocenters. The van der Waals surface area contributed by atoms with Gasteiger partial charge in [-0.3, -0.25) is 0 Å². The lowest BCUT2D eigenvalue weighted by atomic mass is 10.0. The van der Waals surface area contributed by atoms with E-state index in [2.05, 4.69) is 21.2 Å². The molecule has 0 amide bonds. The molecular weight excluding hydrogens is 316 g/mol. The molecule has 0 saturated carbocycles. The van der Waals surface area contributed by atoms with Crippen LogP contribution in [0, 0.1) is 18.6 Å². The van der Waals surface area contributed by atoms with Crippen LogP contribution < -0.4 is 5.32 Å². The number of nitrogens with one attached hydrogen (secondary N) is 1. The summed E-state index contributed by atoms with van der Waals surface area (Å²) < 4.78 is 33.5. The molecule has 0 aliphatic carbocycles. The molecule has 102 valence electrons. The van der Waals surface area contributed by atoms with Gasteiger partial charge in [0.15, 0.2) is 0 Å². The molecule has 0 fully saturated rings. The zero-order chi connectivity index (χ0) is 14.0. The Balaban J connectivity index is 2.51. The highest BCUT2D eigenvalue weighted by molar-refractivity contribution is 9.10. The summed E-state index contributed by atoms with van der Waals surface area (Å²) in [5.74, 6) is -0.556. The number of rotatable bonds is 4. The lowest BCUT2D eigenvalue weighted by Crippen LogP contribution is -2.23. The Bertz CT molecular complexity index is 583. The van der Waals surface area contributed by atoms with Gasteiger partial charge in [0.1, 0.15) is 17.4 Å². The van der Waals surface area contributed by atoms with Crippen molar-refractivity contribution in [1.82, 2.24) is 5.32 Å². The summed E-state index contributed by atoms with van der Waals surface area (Å²) in [5.41, 5.74) is 0.776. The Kier molecular flexibility index (Phi) is 4.37. The molecule has 2 nitrogen and oxygen atoms in total. The Hall–Kier alpha value is -1.20. The maximum atomic E-state index is 14.0. The zero-order valence-electron chi connectivity index (χ0n) is 10.6. The van der Waals surface area contributed by atoms with Crippen LogP contribution in [0.5, 0.6) is 0 Å². The van der Waals surface area contributed by atoms with Crippen molar-refractivity contribution in [3.05, 3.63) is 57.5 Å². The second-order valence-corrected chi connectivity index (χ2v) is 5.10. The maximum absolute atomic E-state index is 14.0. The normalized spacial score (nSPS) is 12.7. The largest absolute Gasteiger partial charge is 0.466 e.